The number of carbonyl (C=O) groups is 2. The summed E-state index contributed by atoms with van der Waals surface area (Å²) in [6, 6.07) is 12.3. The third kappa shape index (κ3) is 3.90. The molecule has 0 spiro atoms. The summed E-state index contributed by atoms with van der Waals surface area (Å²) in [7, 11) is 1.83. The van der Waals surface area contributed by atoms with E-state index in [2.05, 4.69) is 15.6 Å². The highest BCUT2D eigenvalue weighted by molar-refractivity contribution is 6.31. The van der Waals surface area contributed by atoms with E-state index in [4.69, 9.17) is 16.0 Å². The summed E-state index contributed by atoms with van der Waals surface area (Å²) in [5.41, 5.74) is 2.31. The predicted molar refractivity (Wildman–Crippen MR) is 110 cm³/mol. The number of nitrogens with zero attached hydrogens (tertiary/aromatic N) is 2. The van der Waals surface area contributed by atoms with Gasteiger partial charge in [-0.3, -0.25) is 9.59 Å². The number of amides is 2. The van der Waals surface area contributed by atoms with Gasteiger partial charge in [0.25, 0.3) is 11.8 Å². The summed E-state index contributed by atoms with van der Waals surface area (Å²) < 4.78 is 20.2. The van der Waals surface area contributed by atoms with Crippen LogP contribution < -0.4 is 10.6 Å². The zero-order valence-corrected chi connectivity index (χ0v) is 16.5. The molecular weight excluding hydrogens is 411 g/mol. The Morgan fingerprint density at radius 2 is 2.00 bits per heavy atom. The highest BCUT2D eigenvalue weighted by Gasteiger charge is 2.14. The fraction of sp³-hybridized carbons (Fsp3) is 0.0952. The number of fused-ring (bicyclic) bond motifs is 1. The van der Waals surface area contributed by atoms with Crippen molar-refractivity contribution in [3.05, 3.63) is 82.8 Å². The van der Waals surface area contributed by atoms with E-state index < -0.39 is 11.7 Å². The molecule has 0 aliphatic heterocycles. The van der Waals surface area contributed by atoms with Crippen LogP contribution in [-0.4, -0.2) is 21.4 Å². The molecule has 7 nitrogen and oxygen atoms in total. The average molecular weight is 427 g/mol. The van der Waals surface area contributed by atoms with Gasteiger partial charge >= 0.3 is 0 Å². The van der Waals surface area contributed by atoms with Crippen molar-refractivity contribution >= 4 is 40.1 Å². The molecule has 0 bridgehead atoms. The van der Waals surface area contributed by atoms with Crippen molar-refractivity contribution in [3.8, 4) is 0 Å². The Kier molecular flexibility index (Phi) is 5.24. The minimum absolute atomic E-state index is 0.116. The molecule has 2 N–H and O–H groups in total. The Morgan fingerprint density at radius 1 is 1.17 bits per heavy atom. The third-order valence-corrected chi connectivity index (χ3v) is 4.85. The number of rotatable bonds is 5. The van der Waals surface area contributed by atoms with Crippen molar-refractivity contribution in [2.24, 2.45) is 7.05 Å². The third-order valence-electron chi connectivity index (χ3n) is 4.57. The minimum Gasteiger partial charge on any atom is -0.459 e. The predicted octanol–water partition coefficient (Wildman–Crippen LogP) is 4.14. The van der Waals surface area contributed by atoms with Gasteiger partial charge in [-0.1, -0.05) is 11.6 Å². The van der Waals surface area contributed by atoms with E-state index in [0.29, 0.717) is 17.0 Å². The topological polar surface area (TPSA) is 89.2 Å². The van der Waals surface area contributed by atoms with Crippen LogP contribution >= 0.6 is 11.6 Å². The van der Waals surface area contributed by atoms with Crippen LogP contribution in [0.3, 0.4) is 0 Å². The van der Waals surface area contributed by atoms with E-state index >= 15 is 0 Å². The molecule has 0 saturated heterocycles. The second kappa shape index (κ2) is 8.00. The van der Waals surface area contributed by atoms with E-state index in [1.54, 1.807) is 24.3 Å². The first-order valence-corrected chi connectivity index (χ1v) is 9.33. The van der Waals surface area contributed by atoms with Crippen LogP contribution in [0.5, 0.6) is 0 Å². The Bertz CT molecular complexity index is 1250. The number of anilines is 1. The number of halogens is 2. The quantitative estimate of drug-likeness (QED) is 0.502. The van der Waals surface area contributed by atoms with Crippen molar-refractivity contribution < 1.29 is 18.4 Å². The monoisotopic (exact) mass is 426 g/mol. The Labute approximate surface area is 175 Å². The lowest BCUT2D eigenvalue weighted by Crippen LogP contribution is -2.24. The molecular formula is C21H16ClFN4O3. The molecule has 4 rings (SSSR count). The zero-order chi connectivity index (χ0) is 21.3. The number of aromatic nitrogens is 2. The molecule has 0 aliphatic rings. The van der Waals surface area contributed by atoms with Crippen LogP contribution in [0.4, 0.5) is 10.1 Å². The van der Waals surface area contributed by atoms with E-state index in [9.17, 15) is 14.0 Å². The molecule has 0 atom stereocenters. The molecule has 152 valence electrons. The first-order valence-electron chi connectivity index (χ1n) is 8.96. The van der Waals surface area contributed by atoms with Crippen molar-refractivity contribution in [1.82, 2.24) is 14.9 Å². The molecule has 4 aromatic rings. The number of carbonyl (C=O) groups excluding carboxylic acids is 2. The summed E-state index contributed by atoms with van der Waals surface area (Å²) in [6.07, 6.45) is 1.43. The standard InChI is InChI=1S/C21H16ClFN4O3/c1-27-17-7-5-13(25-21(29)18-3-2-8-30-18)10-16(17)26-19(27)11-24-20(28)12-4-6-15(23)14(22)9-12/h2-10H,11H2,1H3,(H,24,28)(H,25,29). The van der Waals surface area contributed by atoms with E-state index in [0.717, 1.165) is 11.6 Å². The van der Waals surface area contributed by atoms with Gasteiger partial charge in [0.1, 0.15) is 11.6 Å². The van der Waals surface area contributed by atoms with Crippen LogP contribution in [-0.2, 0) is 13.6 Å². The second-order valence-electron chi connectivity index (χ2n) is 6.53. The van der Waals surface area contributed by atoms with Gasteiger partial charge in [-0.15, -0.1) is 0 Å². The Balaban J connectivity index is 1.49. The first-order chi connectivity index (χ1) is 14.4. The highest BCUT2D eigenvalue weighted by atomic mass is 35.5. The van der Waals surface area contributed by atoms with Gasteiger partial charge in [0.15, 0.2) is 5.76 Å². The molecule has 2 heterocycles. The molecule has 0 unspecified atom stereocenters. The SMILES string of the molecule is Cn1c(CNC(=O)c2ccc(F)c(Cl)c2)nc2cc(NC(=O)c3ccco3)ccc21. The van der Waals surface area contributed by atoms with Crippen LogP contribution in [0.25, 0.3) is 11.0 Å². The van der Waals surface area contributed by atoms with E-state index in [-0.39, 0.29) is 28.8 Å². The Morgan fingerprint density at radius 3 is 2.73 bits per heavy atom. The van der Waals surface area contributed by atoms with E-state index in [1.165, 1.54) is 18.4 Å². The highest BCUT2D eigenvalue weighted by Crippen LogP contribution is 2.21. The lowest BCUT2D eigenvalue weighted by atomic mass is 10.2. The zero-order valence-electron chi connectivity index (χ0n) is 15.8. The number of hydrogen-bond acceptors (Lipinski definition) is 4. The van der Waals surface area contributed by atoms with Crippen molar-refractivity contribution in [1.29, 1.82) is 0 Å². The lowest BCUT2D eigenvalue weighted by Gasteiger charge is -2.06. The molecule has 30 heavy (non-hydrogen) atoms. The van der Waals surface area contributed by atoms with Gasteiger partial charge in [-0.2, -0.15) is 0 Å². The first kappa shape index (κ1) is 19.7. The van der Waals surface area contributed by atoms with Gasteiger partial charge < -0.3 is 19.6 Å². The summed E-state index contributed by atoms with van der Waals surface area (Å²) >= 11 is 5.73. The maximum Gasteiger partial charge on any atom is 0.291 e. The number of imidazole rings is 1. The largest absolute Gasteiger partial charge is 0.459 e. The van der Waals surface area contributed by atoms with E-state index in [1.807, 2.05) is 17.7 Å². The number of aryl methyl sites for hydroxylation is 1. The minimum atomic E-state index is -0.585. The molecule has 0 aliphatic carbocycles. The van der Waals surface area contributed by atoms with Gasteiger partial charge in [-0.25, -0.2) is 9.37 Å². The smallest absolute Gasteiger partial charge is 0.291 e. The van der Waals surface area contributed by atoms with Crippen LogP contribution in [0.15, 0.2) is 59.2 Å². The fourth-order valence-electron chi connectivity index (χ4n) is 2.98. The fourth-order valence-corrected chi connectivity index (χ4v) is 3.17. The maximum atomic E-state index is 13.3. The molecule has 0 saturated carbocycles. The second-order valence-corrected chi connectivity index (χ2v) is 6.94. The lowest BCUT2D eigenvalue weighted by molar-refractivity contribution is 0.0948. The summed E-state index contributed by atoms with van der Waals surface area (Å²) in [4.78, 5) is 29.0. The molecule has 9 heteroatoms. The van der Waals surface area contributed by atoms with Gasteiger partial charge in [-0.05, 0) is 48.5 Å². The number of benzene rings is 2. The van der Waals surface area contributed by atoms with Gasteiger partial charge in [0, 0.05) is 18.3 Å². The molecule has 2 aromatic heterocycles. The molecule has 0 radical (unpaired) electrons. The van der Waals surface area contributed by atoms with Crippen LogP contribution in [0.2, 0.25) is 5.02 Å². The van der Waals surface area contributed by atoms with Gasteiger partial charge in [0.2, 0.25) is 0 Å². The van der Waals surface area contributed by atoms with Crippen molar-refractivity contribution in [3.63, 3.8) is 0 Å². The van der Waals surface area contributed by atoms with Crippen molar-refractivity contribution in [2.75, 3.05) is 5.32 Å². The van der Waals surface area contributed by atoms with Crippen molar-refractivity contribution in [2.45, 2.75) is 6.54 Å². The average Bonchev–Trinajstić information content (AvgIpc) is 3.37. The molecule has 0 fully saturated rings. The Hall–Kier alpha value is -3.65. The summed E-state index contributed by atoms with van der Waals surface area (Å²) in [6.45, 7) is 0.160. The maximum absolute atomic E-state index is 13.3. The normalized spacial score (nSPS) is 10.9. The number of furan rings is 1. The number of nitrogens with one attached hydrogen (secondary N) is 2. The number of hydrogen-bond donors (Lipinski definition) is 2. The molecule has 2 amide bonds. The summed E-state index contributed by atoms with van der Waals surface area (Å²) in [5, 5.41) is 5.38. The summed E-state index contributed by atoms with van der Waals surface area (Å²) in [5.74, 6) is -0.518. The van der Waals surface area contributed by atoms with Crippen LogP contribution in [0, 0.1) is 5.82 Å². The van der Waals surface area contributed by atoms with Gasteiger partial charge in [0.05, 0.1) is 28.9 Å². The van der Waals surface area contributed by atoms with Crippen LogP contribution in [0.1, 0.15) is 26.7 Å². The molecule has 2 aromatic carbocycles.